The van der Waals surface area contributed by atoms with E-state index >= 15 is 0 Å². The van der Waals surface area contributed by atoms with Crippen molar-refractivity contribution in [2.45, 2.75) is 52.2 Å². The minimum Gasteiger partial charge on any atom is -0.467 e. The largest absolute Gasteiger partial charge is 0.467 e. The molecule has 1 aromatic carbocycles. The molecule has 2 amide bonds. The first kappa shape index (κ1) is 25.8. The fraction of sp³-hybridized carbons (Fsp3) is 0.542. The summed E-state index contributed by atoms with van der Waals surface area (Å²) < 4.78 is 10.4. The lowest BCUT2D eigenvalue weighted by atomic mass is 9.90. The van der Waals surface area contributed by atoms with Crippen LogP contribution in [0.5, 0.6) is 0 Å². The standard InChI is InChI=1S/C24H34N2O5S/c1-16-9-7-8-10-17(16)19-15-26(23(29)31-24(2,3)4)13-11-18(19)21(27)25-20(12-14-32-6)22(28)30-5/h7-10,20H,11-15H2,1-6H3,(H,25,27). The molecular weight excluding hydrogens is 428 g/mol. The van der Waals surface area contributed by atoms with E-state index in [4.69, 9.17) is 9.47 Å². The first-order valence-electron chi connectivity index (χ1n) is 10.7. The van der Waals surface area contributed by atoms with Gasteiger partial charge in [-0.2, -0.15) is 11.8 Å². The van der Waals surface area contributed by atoms with Crippen LogP contribution in [0.1, 0.15) is 44.7 Å². The van der Waals surface area contributed by atoms with Gasteiger partial charge >= 0.3 is 12.1 Å². The number of rotatable bonds is 7. The Morgan fingerprint density at radius 3 is 2.50 bits per heavy atom. The summed E-state index contributed by atoms with van der Waals surface area (Å²) in [6.45, 7) is 8.07. The lowest BCUT2D eigenvalue weighted by Crippen LogP contribution is -2.45. The molecule has 0 spiro atoms. The van der Waals surface area contributed by atoms with Gasteiger partial charge in [-0.1, -0.05) is 24.3 Å². The summed E-state index contributed by atoms with van der Waals surface area (Å²) in [6.07, 6.45) is 2.39. The third-order valence-electron chi connectivity index (χ3n) is 5.14. The number of nitrogens with zero attached hydrogens (tertiary/aromatic N) is 1. The summed E-state index contributed by atoms with van der Waals surface area (Å²) >= 11 is 1.60. The Morgan fingerprint density at radius 2 is 1.91 bits per heavy atom. The molecule has 176 valence electrons. The molecule has 7 nitrogen and oxygen atoms in total. The van der Waals surface area contributed by atoms with Crippen molar-refractivity contribution in [3.8, 4) is 0 Å². The average Bonchev–Trinajstić information content (AvgIpc) is 2.74. The first-order chi connectivity index (χ1) is 15.1. The number of thioether (sulfide) groups is 1. The predicted octanol–water partition coefficient (Wildman–Crippen LogP) is 3.80. The zero-order chi connectivity index (χ0) is 23.9. The molecule has 1 aliphatic rings. The molecule has 0 radical (unpaired) electrons. The molecule has 0 bridgehead atoms. The third-order valence-corrected chi connectivity index (χ3v) is 5.79. The van der Waals surface area contributed by atoms with E-state index in [0.717, 1.165) is 22.5 Å². The van der Waals surface area contributed by atoms with Gasteiger partial charge in [-0.25, -0.2) is 9.59 Å². The van der Waals surface area contributed by atoms with Crippen molar-refractivity contribution in [3.63, 3.8) is 0 Å². The topological polar surface area (TPSA) is 84.9 Å². The Kier molecular flexibility index (Phi) is 9.19. The van der Waals surface area contributed by atoms with E-state index < -0.39 is 23.7 Å². The Morgan fingerprint density at radius 1 is 1.22 bits per heavy atom. The number of nitrogens with one attached hydrogen (secondary N) is 1. The van der Waals surface area contributed by atoms with E-state index in [1.807, 2.05) is 58.2 Å². The lowest BCUT2D eigenvalue weighted by molar-refractivity contribution is -0.144. The van der Waals surface area contributed by atoms with E-state index in [9.17, 15) is 14.4 Å². The van der Waals surface area contributed by atoms with Gasteiger partial charge in [-0.05, 0) is 69.2 Å². The molecule has 1 heterocycles. The Bertz CT molecular complexity index is 875. The van der Waals surface area contributed by atoms with Gasteiger partial charge in [0.25, 0.3) is 0 Å². The summed E-state index contributed by atoms with van der Waals surface area (Å²) in [5.74, 6) is -0.0453. The minimum atomic E-state index is -0.713. The van der Waals surface area contributed by atoms with Crippen molar-refractivity contribution in [1.82, 2.24) is 10.2 Å². The van der Waals surface area contributed by atoms with Gasteiger partial charge < -0.3 is 19.7 Å². The van der Waals surface area contributed by atoms with Gasteiger partial charge in [0.2, 0.25) is 5.91 Å². The van der Waals surface area contributed by atoms with Crippen molar-refractivity contribution in [1.29, 1.82) is 0 Å². The first-order valence-corrected chi connectivity index (χ1v) is 12.1. The number of esters is 1. The van der Waals surface area contributed by atoms with Crippen molar-refractivity contribution < 1.29 is 23.9 Å². The number of benzene rings is 1. The number of aryl methyl sites for hydroxylation is 1. The van der Waals surface area contributed by atoms with Gasteiger partial charge in [0.05, 0.1) is 13.7 Å². The number of hydrogen-bond acceptors (Lipinski definition) is 6. The van der Waals surface area contributed by atoms with Gasteiger partial charge in [0.1, 0.15) is 11.6 Å². The molecule has 0 saturated carbocycles. The molecular formula is C24H34N2O5S. The zero-order valence-corrected chi connectivity index (χ0v) is 20.6. The fourth-order valence-corrected chi connectivity index (χ4v) is 4.00. The van der Waals surface area contributed by atoms with Crippen LogP contribution in [0, 0.1) is 6.92 Å². The number of hydrogen-bond donors (Lipinski definition) is 1. The van der Waals surface area contributed by atoms with Gasteiger partial charge in [-0.3, -0.25) is 4.79 Å². The number of carbonyl (C=O) groups excluding carboxylic acids is 3. The predicted molar refractivity (Wildman–Crippen MR) is 127 cm³/mol. The fourth-order valence-electron chi connectivity index (χ4n) is 3.53. The maximum Gasteiger partial charge on any atom is 0.410 e. The molecule has 1 aliphatic heterocycles. The van der Waals surface area contributed by atoms with Crippen LogP contribution in [0.2, 0.25) is 0 Å². The van der Waals surface area contributed by atoms with Crippen LogP contribution in [0.15, 0.2) is 29.8 Å². The van der Waals surface area contributed by atoms with Gasteiger partial charge in [0.15, 0.2) is 0 Å². The van der Waals surface area contributed by atoms with Crippen molar-refractivity contribution in [3.05, 3.63) is 41.0 Å². The molecule has 32 heavy (non-hydrogen) atoms. The molecule has 8 heteroatoms. The summed E-state index contributed by atoms with van der Waals surface area (Å²) in [5.41, 5.74) is 2.66. The van der Waals surface area contributed by atoms with Crippen LogP contribution in [-0.4, -0.2) is 66.7 Å². The Hall–Kier alpha value is -2.48. The maximum atomic E-state index is 13.3. The molecule has 1 unspecified atom stereocenters. The highest BCUT2D eigenvalue weighted by atomic mass is 32.2. The van der Waals surface area contributed by atoms with Crippen LogP contribution < -0.4 is 5.32 Å². The van der Waals surface area contributed by atoms with E-state index in [0.29, 0.717) is 25.0 Å². The van der Waals surface area contributed by atoms with E-state index in [1.54, 1.807) is 16.7 Å². The second-order valence-corrected chi connectivity index (χ2v) is 9.74. The number of methoxy groups -OCH3 is 1. The lowest BCUT2D eigenvalue weighted by Gasteiger charge is -2.33. The van der Waals surface area contributed by atoms with Crippen molar-refractivity contribution in [2.24, 2.45) is 0 Å². The molecule has 0 saturated heterocycles. The SMILES string of the molecule is COC(=O)C(CCSC)NC(=O)C1=C(c2ccccc2C)CN(C(=O)OC(C)(C)C)CC1. The monoisotopic (exact) mass is 462 g/mol. The number of amides is 2. The van der Waals surface area contributed by atoms with Crippen LogP contribution in [-0.2, 0) is 19.1 Å². The van der Waals surface area contributed by atoms with E-state index in [2.05, 4.69) is 5.32 Å². The van der Waals surface area contributed by atoms with E-state index in [-0.39, 0.29) is 12.5 Å². The quantitative estimate of drug-likeness (QED) is 0.621. The molecule has 1 aromatic rings. The number of ether oxygens (including phenoxy) is 2. The Labute approximate surface area is 194 Å². The zero-order valence-electron chi connectivity index (χ0n) is 19.8. The summed E-state index contributed by atoms with van der Waals surface area (Å²) in [7, 11) is 1.32. The van der Waals surface area contributed by atoms with Crippen LogP contribution in [0.25, 0.3) is 5.57 Å². The summed E-state index contributed by atoms with van der Waals surface area (Å²) in [4.78, 5) is 39.8. The van der Waals surface area contributed by atoms with Gasteiger partial charge in [0, 0.05) is 12.1 Å². The molecule has 2 rings (SSSR count). The van der Waals surface area contributed by atoms with E-state index in [1.165, 1.54) is 7.11 Å². The highest BCUT2D eigenvalue weighted by Gasteiger charge is 2.32. The third kappa shape index (κ3) is 7.02. The summed E-state index contributed by atoms with van der Waals surface area (Å²) in [5, 5.41) is 2.85. The molecule has 0 aliphatic carbocycles. The summed E-state index contributed by atoms with van der Waals surface area (Å²) in [6, 6.07) is 7.05. The minimum absolute atomic E-state index is 0.260. The molecule has 1 N–H and O–H groups in total. The second kappa shape index (κ2) is 11.4. The average molecular weight is 463 g/mol. The van der Waals surface area contributed by atoms with Crippen molar-refractivity contribution in [2.75, 3.05) is 32.2 Å². The van der Waals surface area contributed by atoms with Crippen LogP contribution in [0.4, 0.5) is 4.79 Å². The second-order valence-electron chi connectivity index (χ2n) is 8.75. The molecule has 0 aromatic heterocycles. The molecule has 0 fully saturated rings. The van der Waals surface area contributed by atoms with Crippen molar-refractivity contribution >= 4 is 35.3 Å². The van der Waals surface area contributed by atoms with Crippen LogP contribution >= 0.6 is 11.8 Å². The smallest absolute Gasteiger partial charge is 0.410 e. The molecule has 1 atom stereocenters. The highest BCUT2D eigenvalue weighted by Crippen LogP contribution is 2.30. The highest BCUT2D eigenvalue weighted by molar-refractivity contribution is 7.98. The normalized spacial score (nSPS) is 15.2. The number of carbonyl (C=O) groups is 3. The maximum absolute atomic E-state index is 13.3. The van der Waals surface area contributed by atoms with Gasteiger partial charge in [-0.15, -0.1) is 0 Å². The Balaban J connectivity index is 2.37. The van der Waals surface area contributed by atoms with Crippen LogP contribution in [0.3, 0.4) is 0 Å².